The van der Waals surface area contributed by atoms with Gasteiger partial charge in [-0.05, 0) is 31.2 Å². The number of thioether (sulfide) groups is 1. The molecular formula is C14H22BrN5OS. The molecule has 1 heterocycles. The molecular weight excluding hydrogens is 366 g/mol. The molecule has 0 amide bonds. The highest BCUT2D eigenvalue weighted by atomic mass is 79.9. The van der Waals surface area contributed by atoms with Gasteiger partial charge < -0.3 is 11.5 Å². The molecule has 0 spiro atoms. The molecule has 0 unspecified atom stereocenters. The van der Waals surface area contributed by atoms with Gasteiger partial charge in [0.1, 0.15) is 6.61 Å². The van der Waals surface area contributed by atoms with Crippen molar-refractivity contribution in [2.45, 2.75) is 37.9 Å². The molecule has 1 aliphatic heterocycles. The van der Waals surface area contributed by atoms with E-state index in [2.05, 4.69) is 23.0 Å². The third kappa shape index (κ3) is 4.37. The largest absolute Gasteiger partial charge is 0.368 e. The smallest absolute Gasteiger partial charge is 0.226 e. The fourth-order valence-corrected chi connectivity index (χ4v) is 2.87. The van der Waals surface area contributed by atoms with Crippen molar-refractivity contribution in [2.75, 3.05) is 5.75 Å². The first-order valence-corrected chi connectivity index (χ1v) is 7.76. The van der Waals surface area contributed by atoms with Gasteiger partial charge >= 0.3 is 0 Å². The maximum Gasteiger partial charge on any atom is 0.226 e. The Morgan fingerprint density at radius 3 is 2.59 bits per heavy atom. The van der Waals surface area contributed by atoms with E-state index < -0.39 is 5.66 Å². The molecule has 22 heavy (non-hydrogen) atoms. The van der Waals surface area contributed by atoms with Gasteiger partial charge in [0.15, 0.2) is 5.66 Å². The van der Waals surface area contributed by atoms with Crippen LogP contribution < -0.4 is 11.5 Å². The Hall–Kier alpha value is -1.25. The van der Waals surface area contributed by atoms with Gasteiger partial charge in [-0.25, -0.2) is 4.99 Å². The minimum absolute atomic E-state index is 0. The molecule has 0 aromatic heterocycles. The lowest BCUT2D eigenvalue weighted by Gasteiger charge is -2.36. The molecule has 0 saturated heterocycles. The van der Waals surface area contributed by atoms with Crippen LogP contribution in [0.15, 0.2) is 39.1 Å². The number of aliphatic imine (C=N–C) groups is 2. The van der Waals surface area contributed by atoms with Gasteiger partial charge in [-0.3, -0.25) is 4.84 Å². The highest BCUT2D eigenvalue weighted by Crippen LogP contribution is 2.25. The fraction of sp³-hybridized carbons (Fsp3) is 0.429. The van der Waals surface area contributed by atoms with Crippen LogP contribution in [0.25, 0.3) is 0 Å². The van der Waals surface area contributed by atoms with Crippen LogP contribution in [-0.4, -0.2) is 28.4 Å². The quantitative estimate of drug-likeness (QED) is 0.757. The average molecular weight is 388 g/mol. The maximum absolute atomic E-state index is 5.89. The number of hydrogen-bond donors (Lipinski definition) is 2. The minimum Gasteiger partial charge on any atom is -0.368 e. The average Bonchev–Trinajstić information content (AvgIpc) is 2.38. The predicted octanol–water partition coefficient (Wildman–Crippen LogP) is 2.49. The van der Waals surface area contributed by atoms with E-state index in [0.29, 0.717) is 6.61 Å². The molecule has 1 aromatic carbocycles. The number of nitrogens with two attached hydrogens (primary N) is 2. The molecule has 0 fully saturated rings. The lowest BCUT2D eigenvalue weighted by molar-refractivity contribution is -0.167. The lowest BCUT2D eigenvalue weighted by atomic mass is 10.2. The Bertz CT molecular complexity index is 576. The molecule has 0 radical (unpaired) electrons. The van der Waals surface area contributed by atoms with Gasteiger partial charge in [0.25, 0.3) is 0 Å². The Balaban J connectivity index is 0.00000242. The van der Waals surface area contributed by atoms with Crippen molar-refractivity contribution in [3.05, 3.63) is 29.8 Å². The van der Waals surface area contributed by atoms with Gasteiger partial charge in [0.05, 0.1) is 0 Å². The van der Waals surface area contributed by atoms with Crippen molar-refractivity contribution in [1.82, 2.24) is 5.06 Å². The lowest BCUT2D eigenvalue weighted by Crippen LogP contribution is -2.53. The summed E-state index contributed by atoms with van der Waals surface area (Å²) in [5.41, 5.74) is 12.0. The zero-order valence-electron chi connectivity index (χ0n) is 12.9. The molecule has 0 atom stereocenters. The third-order valence-corrected chi connectivity index (χ3v) is 3.94. The Labute approximate surface area is 145 Å². The summed E-state index contributed by atoms with van der Waals surface area (Å²) < 4.78 is 0. The summed E-state index contributed by atoms with van der Waals surface area (Å²) in [5.74, 6) is 1.39. The highest BCUT2D eigenvalue weighted by Gasteiger charge is 2.33. The molecule has 1 aliphatic rings. The summed E-state index contributed by atoms with van der Waals surface area (Å²) in [6.45, 7) is 6.26. The summed E-state index contributed by atoms with van der Waals surface area (Å²) in [6.07, 6.45) is 0. The summed E-state index contributed by atoms with van der Waals surface area (Å²) in [4.78, 5) is 15.2. The first kappa shape index (κ1) is 18.8. The van der Waals surface area contributed by atoms with Crippen LogP contribution in [0, 0.1) is 0 Å². The fourth-order valence-electron chi connectivity index (χ4n) is 2.07. The normalized spacial score (nSPS) is 16.6. The first-order chi connectivity index (χ1) is 9.94. The third-order valence-electron chi connectivity index (χ3n) is 2.94. The van der Waals surface area contributed by atoms with E-state index in [4.69, 9.17) is 16.3 Å². The van der Waals surface area contributed by atoms with E-state index in [-0.39, 0.29) is 28.9 Å². The van der Waals surface area contributed by atoms with Crippen molar-refractivity contribution >= 4 is 40.7 Å². The minimum atomic E-state index is -0.678. The Morgan fingerprint density at radius 2 is 1.95 bits per heavy atom. The number of hydrogen-bond acceptors (Lipinski definition) is 7. The van der Waals surface area contributed by atoms with Crippen molar-refractivity contribution in [1.29, 1.82) is 0 Å². The molecule has 2 rings (SSSR count). The Kier molecular flexibility index (Phi) is 6.70. The van der Waals surface area contributed by atoms with E-state index in [1.807, 2.05) is 32.0 Å². The SMILES string of the molecule is Br.CCSc1ccccc1CON1C(N)=NC(N)=NC1(C)C. The molecule has 0 saturated carbocycles. The maximum atomic E-state index is 5.89. The second-order valence-corrected chi connectivity index (χ2v) is 6.35. The molecule has 4 N–H and O–H groups in total. The van der Waals surface area contributed by atoms with E-state index >= 15 is 0 Å². The van der Waals surface area contributed by atoms with E-state index in [0.717, 1.165) is 11.3 Å². The van der Waals surface area contributed by atoms with Crippen LogP contribution in [0.1, 0.15) is 26.3 Å². The summed E-state index contributed by atoms with van der Waals surface area (Å²) in [7, 11) is 0. The van der Waals surface area contributed by atoms with Crippen molar-refractivity contribution in [2.24, 2.45) is 21.5 Å². The van der Waals surface area contributed by atoms with Gasteiger partial charge in [-0.1, -0.05) is 25.1 Å². The van der Waals surface area contributed by atoms with E-state index in [9.17, 15) is 0 Å². The number of benzene rings is 1. The van der Waals surface area contributed by atoms with Crippen LogP contribution in [0.5, 0.6) is 0 Å². The first-order valence-electron chi connectivity index (χ1n) is 6.77. The van der Waals surface area contributed by atoms with Crippen LogP contribution in [-0.2, 0) is 11.4 Å². The van der Waals surface area contributed by atoms with Crippen molar-refractivity contribution < 1.29 is 4.84 Å². The molecule has 6 nitrogen and oxygen atoms in total. The monoisotopic (exact) mass is 387 g/mol. The topological polar surface area (TPSA) is 89.2 Å². The molecule has 122 valence electrons. The molecule has 1 aromatic rings. The van der Waals surface area contributed by atoms with Crippen molar-refractivity contribution in [3.8, 4) is 0 Å². The number of guanidine groups is 2. The molecule has 0 aliphatic carbocycles. The molecule has 0 bridgehead atoms. The van der Waals surface area contributed by atoms with Crippen LogP contribution >= 0.6 is 28.7 Å². The van der Waals surface area contributed by atoms with Crippen LogP contribution in [0.3, 0.4) is 0 Å². The highest BCUT2D eigenvalue weighted by molar-refractivity contribution is 8.93. The number of hydroxylamine groups is 2. The second kappa shape index (κ2) is 7.85. The summed E-state index contributed by atoms with van der Waals surface area (Å²) >= 11 is 1.78. The van der Waals surface area contributed by atoms with Gasteiger partial charge in [0, 0.05) is 4.90 Å². The standard InChI is InChI=1S/C14H21N5OS.BrH/c1-4-21-11-8-6-5-7-10(11)9-20-19-13(16)17-12(15)18-14(19,2)3;/h5-8H,4,9H2,1-3H3,(H4,15,16,17,18);1H. The number of rotatable bonds is 5. The second-order valence-electron chi connectivity index (χ2n) is 5.04. The van der Waals surface area contributed by atoms with Crippen LogP contribution in [0.4, 0.5) is 0 Å². The van der Waals surface area contributed by atoms with Crippen molar-refractivity contribution in [3.63, 3.8) is 0 Å². The van der Waals surface area contributed by atoms with Crippen LogP contribution in [0.2, 0.25) is 0 Å². The van der Waals surface area contributed by atoms with Gasteiger partial charge in [-0.2, -0.15) is 10.1 Å². The van der Waals surface area contributed by atoms with Gasteiger partial charge in [-0.15, -0.1) is 28.7 Å². The van der Waals surface area contributed by atoms with E-state index in [1.54, 1.807) is 11.8 Å². The Morgan fingerprint density at radius 1 is 1.27 bits per heavy atom. The van der Waals surface area contributed by atoms with E-state index in [1.165, 1.54) is 9.96 Å². The number of nitrogens with zero attached hydrogens (tertiary/aromatic N) is 3. The number of halogens is 1. The zero-order valence-corrected chi connectivity index (χ0v) is 15.5. The summed E-state index contributed by atoms with van der Waals surface area (Å²) in [5, 5.41) is 1.50. The zero-order chi connectivity index (χ0) is 15.5. The summed E-state index contributed by atoms with van der Waals surface area (Å²) in [6, 6.07) is 8.14. The predicted molar refractivity (Wildman–Crippen MR) is 97.1 cm³/mol. The molecule has 8 heteroatoms. The van der Waals surface area contributed by atoms with Gasteiger partial charge in [0.2, 0.25) is 11.9 Å².